The third-order valence-electron chi connectivity index (χ3n) is 2.04. The molecule has 0 saturated heterocycles. The minimum Gasteiger partial charge on any atom is -0.369 e. The van der Waals surface area contributed by atoms with Crippen LogP contribution in [-0.4, -0.2) is 15.8 Å². The third kappa shape index (κ3) is 2.77. The van der Waals surface area contributed by atoms with Gasteiger partial charge in [0.25, 0.3) is 5.56 Å². The van der Waals surface area contributed by atoms with Crippen LogP contribution in [0.5, 0.6) is 0 Å². The van der Waals surface area contributed by atoms with Crippen molar-refractivity contribution >= 4 is 17.3 Å². The molecular weight excluding hydrogens is 226 g/mol. The molecule has 1 unspecified atom stereocenters. The van der Waals surface area contributed by atoms with Crippen LogP contribution in [0.25, 0.3) is 0 Å². The van der Waals surface area contributed by atoms with E-state index in [1.807, 2.05) is 6.92 Å². The first-order valence-corrected chi connectivity index (χ1v) is 5.46. The van der Waals surface area contributed by atoms with E-state index in [1.54, 1.807) is 6.92 Å². The van der Waals surface area contributed by atoms with Gasteiger partial charge in [0.05, 0.1) is 17.9 Å². The predicted molar refractivity (Wildman–Crippen MR) is 65.7 cm³/mol. The average Bonchev–Trinajstić information content (AvgIpc) is 2.28. The van der Waals surface area contributed by atoms with Crippen LogP contribution in [0.4, 0.5) is 5.69 Å². The molecular formula is C11H14ClN3O. The maximum Gasteiger partial charge on any atom is 0.287 e. The molecule has 0 bridgehead atoms. The van der Waals surface area contributed by atoms with Crippen molar-refractivity contribution in [2.75, 3.05) is 5.32 Å². The largest absolute Gasteiger partial charge is 0.369 e. The minimum atomic E-state index is -0.294. The van der Waals surface area contributed by atoms with Gasteiger partial charge in [-0.1, -0.05) is 24.4 Å². The molecule has 0 spiro atoms. The molecule has 1 atom stereocenters. The van der Waals surface area contributed by atoms with Gasteiger partial charge in [0.15, 0.2) is 0 Å². The smallest absolute Gasteiger partial charge is 0.287 e. The zero-order valence-corrected chi connectivity index (χ0v) is 10.1. The van der Waals surface area contributed by atoms with Crippen LogP contribution >= 0.6 is 11.6 Å². The summed E-state index contributed by atoms with van der Waals surface area (Å²) in [7, 11) is 0. The number of rotatable bonds is 4. The maximum atomic E-state index is 11.7. The Morgan fingerprint density at radius 3 is 3.00 bits per heavy atom. The SMILES string of the molecule is C#CC(C)Nc1cnn(CCC)c(=O)c1Cl. The quantitative estimate of drug-likeness (QED) is 0.815. The van der Waals surface area contributed by atoms with Gasteiger partial charge in [0.1, 0.15) is 5.02 Å². The zero-order chi connectivity index (χ0) is 12.1. The minimum absolute atomic E-state index is 0.130. The van der Waals surface area contributed by atoms with Crippen LogP contribution < -0.4 is 10.9 Å². The van der Waals surface area contributed by atoms with Gasteiger partial charge in [-0.2, -0.15) is 5.10 Å². The van der Waals surface area contributed by atoms with E-state index in [0.717, 1.165) is 6.42 Å². The van der Waals surface area contributed by atoms with Crippen LogP contribution in [-0.2, 0) is 6.54 Å². The van der Waals surface area contributed by atoms with E-state index in [-0.39, 0.29) is 16.6 Å². The molecule has 0 aromatic carbocycles. The standard InChI is InChI=1S/C11H14ClN3O/c1-4-6-15-11(16)10(12)9(7-13-15)14-8(3)5-2/h2,7-8,14H,4,6H2,1,3H3. The highest BCUT2D eigenvalue weighted by molar-refractivity contribution is 6.32. The lowest BCUT2D eigenvalue weighted by Gasteiger charge is -2.11. The van der Waals surface area contributed by atoms with Crippen molar-refractivity contribution in [2.45, 2.75) is 32.9 Å². The normalized spacial score (nSPS) is 11.9. The molecule has 86 valence electrons. The summed E-state index contributed by atoms with van der Waals surface area (Å²) in [6.07, 6.45) is 7.58. The number of halogens is 1. The van der Waals surface area contributed by atoms with Crippen LogP contribution in [0.3, 0.4) is 0 Å². The molecule has 1 rings (SSSR count). The number of aromatic nitrogens is 2. The molecule has 16 heavy (non-hydrogen) atoms. The van der Waals surface area contributed by atoms with Crippen molar-refractivity contribution in [3.05, 3.63) is 21.6 Å². The Bertz CT molecular complexity index is 461. The number of aryl methyl sites for hydroxylation is 1. The first kappa shape index (κ1) is 12.6. The Hall–Kier alpha value is -1.47. The molecule has 0 radical (unpaired) electrons. The Kier molecular flexibility index (Phi) is 4.39. The summed E-state index contributed by atoms with van der Waals surface area (Å²) in [5.74, 6) is 2.49. The highest BCUT2D eigenvalue weighted by Gasteiger charge is 2.09. The van der Waals surface area contributed by atoms with Gasteiger partial charge in [0.2, 0.25) is 0 Å². The molecule has 0 saturated carbocycles. The van der Waals surface area contributed by atoms with Gasteiger partial charge in [-0.15, -0.1) is 6.42 Å². The molecule has 4 nitrogen and oxygen atoms in total. The lowest BCUT2D eigenvalue weighted by molar-refractivity contribution is 0.568. The Morgan fingerprint density at radius 1 is 1.75 bits per heavy atom. The highest BCUT2D eigenvalue weighted by Crippen LogP contribution is 2.15. The molecule has 1 heterocycles. The highest BCUT2D eigenvalue weighted by atomic mass is 35.5. The zero-order valence-electron chi connectivity index (χ0n) is 9.33. The number of nitrogens with one attached hydrogen (secondary N) is 1. The summed E-state index contributed by atoms with van der Waals surface area (Å²) in [5, 5.41) is 7.06. The van der Waals surface area contributed by atoms with Crippen LogP contribution in [0.15, 0.2) is 11.0 Å². The monoisotopic (exact) mass is 239 g/mol. The van der Waals surface area contributed by atoms with E-state index in [0.29, 0.717) is 12.2 Å². The lowest BCUT2D eigenvalue weighted by Crippen LogP contribution is -2.25. The van der Waals surface area contributed by atoms with Crippen LogP contribution in [0.1, 0.15) is 20.3 Å². The molecule has 0 fully saturated rings. The van der Waals surface area contributed by atoms with Crippen molar-refractivity contribution in [2.24, 2.45) is 0 Å². The van der Waals surface area contributed by atoms with Gasteiger partial charge in [-0.05, 0) is 13.3 Å². The molecule has 0 aliphatic rings. The summed E-state index contributed by atoms with van der Waals surface area (Å²) >= 11 is 5.93. The number of anilines is 1. The van der Waals surface area contributed by atoms with Crippen molar-refractivity contribution in [1.29, 1.82) is 0 Å². The Morgan fingerprint density at radius 2 is 2.44 bits per heavy atom. The van der Waals surface area contributed by atoms with Gasteiger partial charge >= 0.3 is 0 Å². The fourth-order valence-electron chi connectivity index (χ4n) is 1.21. The van der Waals surface area contributed by atoms with E-state index in [1.165, 1.54) is 10.9 Å². The number of nitrogens with zero attached hydrogens (tertiary/aromatic N) is 2. The first-order valence-electron chi connectivity index (χ1n) is 5.08. The average molecular weight is 240 g/mol. The third-order valence-corrected chi connectivity index (χ3v) is 2.41. The van der Waals surface area contributed by atoms with Crippen molar-refractivity contribution in [3.8, 4) is 12.3 Å². The molecule has 0 aliphatic carbocycles. The number of hydrogen-bond acceptors (Lipinski definition) is 3. The van der Waals surface area contributed by atoms with Crippen LogP contribution in [0, 0.1) is 12.3 Å². The Balaban J connectivity index is 3.03. The predicted octanol–water partition coefficient (Wildman–Crippen LogP) is 1.74. The summed E-state index contributed by atoms with van der Waals surface area (Å²) < 4.78 is 1.34. The topological polar surface area (TPSA) is 46.9 Å². The summed E-state index contributed by atoms with van der Waals surface area (Å²) in [6.45, 7) is 4.33. The molecule has 1 aromatic rings. The van der Waals surface area contributed by atoms with Crippen molar-refractivity contribution < 1.29 is 0 Å². The van der Waals surface area contributed by atoms with E-state index in [2.05, 4.69) is 16.3 Å². The second-order valence-corrected chi connectivity index (χ2v) is 3.81. The van der Waals surface area contributed by atoms with Gasteiger partial charge < -0.3 is 5.32 Å². The summed E-state index contributed by atoms with van der Waals surface area (Å²) in [6, 6.07) is -0.194. The van der Waals surface area contributed by atoms with E-state index < -0.39 is 0 Å². The number of hydrogen-bond donors (Lipinski definition) is 1. The van der Waals surface area contributed by atoms with E-state index in [9.17, 15) is 4.79 Å². The second kappa shape index (κ2) is 5.57. The summed E-state index contributed by atoms with van der Waals surface area (Å²) in [5.41, 5.74) is 0.183. The molecule has 1 N–H and O–H groups in total. The van der Waals surface area contributed by atoms with Crippen molar-refractivity contribution in [1.82, 2.24) is 9.78 Å². The fourth-order valence-corrected chi connectivity index (χ4v) is 1.41. The second-order valence-electron chi connectivity index (χ2n) is 3.43. The molecule has 1 aromatic heterocycles. The van der Waals surface area contributed by atoms with E-state index in [4.69, 9.17) is 18.0 Å². The van der Waals surface area contributed by atoms with Gasteiger partial charge in [-0.3, -0.25) is 4.79 Å². The van der Waals surface area contributed by atoms with Gasteiger partial charge in [-0.25, -0.2) is 4.68 Å². The van der Waals surface area contributed by atoms with Crippen molar-refractivity contribution in [3.63, 3.8) is 0 Å². The van der Waals surface area contributed by atoms with Gasteiger partial charge in [0, 0.05) is 6.54 Å². The van der Waals surface area contributed by atoms with E-state index >= 15 is 0 Å². The number of terminal acetylenes is 1. The molecule has 0 aliphatic heterocycles. The lowest BCUT2D eigenvalue weighted by atomic mass is 10.3. The van der Waals surface area contributed by atoms with Crippen LogP contribution in [0.2, 0.25) is 5.02 Å². The molecule has 5 heteroatoms. The summed E-state index contributed by atoms with van der Waals surface area (Å²) in [4.78, 5) is 11.7. The first-order chi connectivity index (χ1) is 7.60. The maximum absolute atomic E-state index is 11.7. The Labute approximate surface area is 99.6 Å². The fraction of sp³-hybridized carbons (Fsp3) is 0.455. The molecule has 0 amide bonds.